The maximum atomic E-state index is 10.7. The number of aromatic nitrogens is 4. The van der Waals surface area contributed by atoms with Crippen LogP contribution in [0.2, 0.25) is 0 Å². The van der Waals surface area contributed by atoms with Crippen molar-refractivity contribution in [1.29, 1.82) is 5.41 Å². The molecule has 2 aromatic rings. The van der Waals surface area contributed by atoms with Crippen molar-refractivity contribution in [1.82, 2.24) is 19.3 Å². The average molecular weight is 452 g/mol. The van der Waals surface area contributed by atoms with Gasteiger partial charge < -0.3 is 30.5 Å². The molecule has 1 fully saturated rings. The minimum atomic E-state index is -1.25. The molecule has 6 N–H and O–H groups in total. The Morgan fingerprint density at radius 3 is 2.62 bits per heavy atom. The quantitative estimate of drug-likeness (QED) is 0.313. The number of carbonyl (C=O) groups is 1. The Bertz CT molecular complexity index is 807. The lowest BCUT2D eigenvalue weighted by molar-refractivity contribution is -0.122. The lowest BCUT2D eigenvalue weighted by atomic mass is 10.2. The van der Waals surface area contributed by atoms with Gasteiger partial charge in [-0.3, -0.25) is 10.2 Å². The Labute approximate surface area is 152 Å². The van der Waals surface area contributed by atoms with Gasteiger partial charge in [0.1, 0.15) is 18.5 Å². The summed E-state index contributed by atoms with van der Waals surface area (Å²) in [4.78, 5) is 23.9. The maximum Gasteiger partial charge on any atom is 0.258 e. The van der Waals surface area contributed by atoms with Crippen molar-refractivity contribution >= 4 is 41.0 Å². The minimum absolute atomic E-state index is 0. The largest absolute Gasteiger partial charge is 0.401 e. The molecule has 2 heterocycles. The summed E-state index contributed by atoms with van der Waals surface area (Å²) < 4.78 is 2.45. The summed E-state index contributed by atoms with van der Waals surface area (Å²) in [7, 11) is 0. The summed E-state index contributed by atoms with van der Waals surface area (Å²) in [5.74, 6) is -0.695. The number of primary amides is 1. The van der Waals surface area contributed by atoms with Gasteiger partial charge in [0.25, 0.3) is 5.91 Å². The van der Waals surface area contributed by atoms with E-state index in [1.54, 1.807) is 0 Å². The van der Waals surface area contributed by atoms with Gasteiger partial charge in [0.15, 0.2) is 23.3 Å². The van der Waals surface area contributed by atoms with E-state index in [2.05, 4.69) is 9.97 Å². The second-order valence-electron chi connectivity index (χ2n) is 5.33. The number of hydrogen-bond acceptors (Lipinski definition) is 8. The highest BCUT2D eigenvalue weighted by atomic mass is 127. The second-order valence-corrected chi connectivity index (χ2v) is 5.33. The summed E-state index contributed by atoms with van der Waals surface area (Å²) in [5.41, 5.74) is 5.30. The number of imidazole rings is 1. The van der Waals surface area contributed by atoms with E-state index in [0.717, 1.165) is 4.73 Å². The van der Waals surface area contributed by atoms with Crippen LogP contribution < -0.4 is 16.1 Å². The molecular weight excluding hydrogens is 435 g/mol. The van der Waals surface area contributed by atoms with Gasteiger partial charge in [-0.2, -0.15) is 4.73 Å². The molecule has 24 heavy (non-hydrogen) atoms. The van der Waals surface area contributed by atoms with Crippen molar-refractivity contribution in [3.63, 3.8) is 0 Å². The van der Waals surface area contributed by atoms with E-state index in [1.807, 2.05) is 0 Å². The molecule has 0 aliphatic heterocycles. The number of aliphatic hydroxyl groups is 3. The molecule has 3 rings (SSSR count). The summed E-state index contributed by atoms with van der Waals surface area (Å²) >= 11 is 0. The zero-order chi connectivity index (χ0) is 16.7. The predicted octanol–water partition coefficient (Wildman–Crippen LogP) is -2.73. The SMILES string of the molecule is I.N=c1c2ncn([C@@H]3C[C@H](O)[C@@H](O)[C@H]3O)c2ncn1OCC(N)=O. The van der Waals surface area contributed by atoms with E-state index in [0.29, 0.717) is 5.65 Å². The molecule has 1 amide bonds. The van der Waals surface area contributed by atoms with Crippen molar-refractivity contribution in [3.8, 4) is 0 Å². The predicted molar refractivity (Wildman–Crippen MR) is 89.1 cm³/mol. The molecule has 0 spiro atoms. The van der Waals surface area contributed by atoms with Crippen molar-refractivity contribution < 1.29 is 25.0 Å². The maximum absolute atomic E-state index is 10.7. The number of amides is 1. The number of rotatable bonds is 4. The summed E-state index contributed by atoms with van der Waals surface area (Å²) in [6, 6.07) is -0.612. The Morgan fingerprint density at radius 1 is 1.33 bits per heavy atom. The molecule has 1 aliphatic carbocycles. The molecular formula is C12H17IN6O5. The molecule has 0 saturated heterocycles. The number of halogens is 1. The van der Waals surface area contributed by atoms with Gasteiger partial charge in [0.2, 0.25) is 0 Å². The molecule has 1 aliphatic rings. The van der Waals surface area contributed by atoms with Crippen molar-refractivity contribution in [3.05, 3.63) is 18.1 Å². The fraction of sp³-hybridized carbons (Fsp3) is 0.500. The van der Waals surface area contributed by atoms with Crippen LogP contribution in [-0.4, -0.2) is 65.4 Å². The number of carbonyl (C=O) groups excluding carboxylic acids is 1. The van der Waals surface area contributed by atoms with Crippen LogP contribution in [0.5, 0.6) is 0 Å². The van der Waals surface area contributed by atoms with E-state index in [9.17, 15) is 20.1 Å². The Kier molecular flexibility index (Phi) is 5.42. The first-order valence-corrected chi connectivity index (χ1v) is 6.84. The van der Waals surface area contributed by atoms with E-state index >= 15 is 0 Å². The van der Waals surface area contributed by atoms with Gasteiger partial charge in [-0.15, -0.1) is 24.0 Å². The van der Waals surface area contributed by atoms with E-state index < -0.39 is 36.9 Å². The summed E-state index contributed by atoms with van der Waals surface area (Å²) in [6.07, 6.45) is -0.782. The van der Waals surface area contributed by atoms with Crippen LogP contribution in [-0.2, 0) is 4.79 Å². The molecule has 0 unspecified atom stereocenters. The first kappa shape index (κ1) is 18.6. The third kappa shape index (κ3) is 3.09. The lowest BCUT2D eigenvalue weighted by Gasteiger charge is -2.17. The Balaban J connectivity index is 0.00000208. The normalized spacial score (nSPS) is 26.3. The van der Waals surface area contributed by atoms with Crippen LogP contribution in [0.25, 0.3) is 11.2 Å². The molecule has 12 heteroatoms. The smallest absolute Gasteiger partial charge is 0.258 e. The fourth-order valence-corrected chi connectivity index (χ4v) is 2.65. The third-order valence-corrected chi connectivity index (χ3v) is 3.82. The molecule has 2 aromatic heterocycles. The second kappa shape index (κ2) is 7.00. The zero-order valence-corrected chi connectivity index (χ0v) is 14.6. The van der Waals surface area contributed by atoms with Crippen molar-refractivity contribution in [2.75, 3.05) is 6.61 Å². The van der Waals surface area contributed by atoms with Gasteiger partial charge >= 0.3 is 0 Å². The van der Waals surface area contributed by atoms with Gasteiger partial charge in [0, 0.05) is 0 Å². The fourth-order valence-electron chi connectivity index (χ4n) is 2.65. The van der Waals surface area contributed by atoms with Crippen molar-refractivity contribution in [2.45, 2.75) is 30.8 Å². The molecule has 1 saturated carbocycles. The Morgan fingerprint density at radius 2 is 2.04 bits per heavy atom. The molecule has 4 atom stereocenters. The molecule has 132 valence electrons. The number of nitrogens with zero attached hydrogens (tertiary/aromatic N) is 4. The van der Waals surface area contributed by atoms with Crippen molar-refractivity contribution in [2.24, 2.45) is 5.73 Å². The topological polar surface area (TPSA) is 172 Å². The molecule has 0 radical (unpaired) electrons. The highest BCUT2D eigenvalue weighted by Gasteiger charge is 2.42. The van der Waals surface area contributed by atoms with Crippen LogP contribution in [0.4, 0.5) is 0 Å². The summed E-state index contributed by atoms with van der Waals surface area (Å²) in [6.45, 7) is -0.413. The number of aliphatic hydroxyl groups excluding tert-OH is 3. The number of fused-ring (bicyclic) bond motifs is 1. The highest BCUT2D eigenvalue weighted by Crippen LogP contribution is 2.32. The van der Waals surface area contributed by atoms with Crippen LogP contribution in [0, 0.1) is 5.41 Å². The van der Waals surface area contributed by atoms with E-state index in [1.165, 1.54) is 17.2 Å². The monoisotopic (exact) mass is 452 g/mol. The molecule has 0 aromatic carbocycles. The highest BCUT2D eigenvalue weighted by molar-refractivity contribution is 14.0. The number of nitrogens with two attached hydrogens (primary N) is 1. The van der Waals surface area contributed by atoms with Crippen LogP contribution in [0.1, 0.15) is 12.5 Å². The van der Waals surface area contributed by atoms with E-state index in [-0.39, 0.29) is 41.4 Å². The minimum Gasteiger partial charge on any atom is -0.401 e. The lowest BCUT2D eigenvalue weighted by Crippen LogP contribution is -2.33. The van der Waals surface area contributed by atoms with Gasteiger partial charge in [-0.1, -0.05) is 0 Å². The number of hydrogen-bond donors (Lipinski definition) is 5. The van der Waals surface area contributed by atoms with Crippen LogP contribution in [0.15, 0.2) is 12.7 Å². The summed E-state index contributed by atoms with van der Waals surface area (Å²) in [5, 5.41) is 37.4. The molecule has 11 nitrogen and oxygen atoms in total. The Hall–Kier alpha value is -1.77. The van der Waals surface area contributed by atoms with Gasteiger partial charge in [-0.05, 0) is 6.42 Å². The van der Waals surface area contributed by atoms with Crippen LogP contribution >= 0.6 is 24.0 Å². The van der Waals surface area contributed by atoms with Crippen LogP contribution in [0.3, 0.4) is 0 Å². The zero-order valence-electron chi connectivity index (χ0n) is 12.3. The molecule has 0 bridgehead atoms. The third-order valence-electron chi connectivity index (χ3n) is 3.82. The first-order valence-electron chi connectivity index (χ1n) is 6.84. The standard InChI is InChI=1S/C12H16N6O5.HI/c13-7(20)2-23-18-4-16-12-8(11(18)14)15-3-17(12)5-1-6(19)10(22)9(5)21;/h3-6,9-10,14,19,21-22H,1-2H2,(H2,13,20);1H/t5-,6+,9+,10-;/m1./s1. The average Bonchev–Trinajstić information content (AvgIpc) is 3.04. The number of nitrogens with one attached hydrogen (secondary N) is 1. The van der Waals surface area contributed by atoms with E-state index in [4.69, 9.17) is 16.0 Å². The van der Waals surface area contributed by atoms with Gasteiger partial charge in [-0.25, -0.2) is 9.97 Å². The van der Waals surface area contributed by atoms with Gasteiger partial charge in [0.05, 0.1) is 18.5 Å². The first-order chi connectivity index (χ1) is 10.9.